The van der Waals surface area contributed by atoms with Crippen molar-refractivity contribution < 1.29 is 37.6 Å². The fourth-order valence-electron chi connectivity index (χ4n) is 4.37. The van der Waals surface area contributed by atoms with Crippen molar-refractivity contribution in [2.45, 2.75) is 79.7 Å². The Kier molecular flexibility index (Phi) is 11.9. The van der Waals surface area contributed by atoms with E-state index in [9.17, 15) is 14.4 Å². The molecule has 0 saturated carbocycles. The maximum absolute atomic E-state index is 12.0. The first-order valence-corrected chi connectivity index (χ1v) is 14.6. The lowest BCUT2D eigenvalue weighted by Crippen LogP contribution is -2.27. The molecule has 13 nitrogen and oxygen atoms in total. The van der Waals surface area contributed by atoms with Gasteiger partial charge in [0.2, 0.25) is 0 Å². The smallest absolute Gasteiger partial charge is 0.412 e. The summed E-state index contributed by atoms with van der Waals surface area (Å²) in [6.45, 7) is 21.8. The molecule has 0 bridgehead atoms. The van der Waals surface area contributed by atoms with Crippen LogP contribution in [-0.2, 0) is 32.2 Å². The number of ether oxygens (including phenoxy) is 3. The van der Waals surface area contributed by atoms with Crippen LogP contribution in [0.3, 0.4) is 0 Å². The number of carbonyl (C=O) groups is 3. The SMILES string of the molecule is Cc1onc(COC=O)c1-c1ccccc1NC(=O)OC(C)(C)C.[C-]#[N+]Cc1noc(C)c1-c1ccccc1NC(=O)OC(C)(C)C. The number of amides is 2. The molecule has 2 N–H and O–H groups in total. The molecular formula is C34H39N5O8. The van der Waals surface area contributed by atoms with E-state index in [-0.39, 0.29) is 13.2 Å². The second kappa shape index (κ2) is 15.6. The van der Waals surface area contributed by atoms with E-state index in [1.165, 1.54) is 0 Å². The number of benzene rings is 2. The number of nitrogens with one attached hydrogen (secondary N) is 2. The van der Waals surface area contributed by atoms with Crippen LogP contribution in [0.4, 0.5) is 21.0 Å². The zero-order chi connectivity index (χ0) is 34.8. The molecular weight excluding hydrogens is 606 g/mol. The molecule has 0 saturated heterocycles. The summed E-state index contributed by atoms with van der Waals surface area (Å²) >= 11 is 0. The molecule has 2 aromatic heterocycles. The number of aryl methyl sites for hydroxylation is 2. The highest BCUT2D eigenvalue weighted by molar-refractivity contribution is 5.93. The van der Waals surface area contributed by atoms with Gasteiger partial charge in [0.05, 0.1) is 22.5 Å². The van der Waals surface area contributed by atoms with E-state index in [4.69, 9.17) is 29.8 Å². The second-order valence-electron chi connectivity index (χ2n) is 12.2. The lowest BCUT2D eigenvalue weighted by molar-refractivity contribution is -0.129. The van der Waals surface area contributed by atoms with Crippen LogP contribution in [0.25, 0.3) is 27.1 Å². The number of hydrogen-bond donors (Lipinski definition) is 2. The Bertz CT molecular complexity index is 1740. The first kappa shape index (κ1) is 35.8. The Labute approximate surface area is 273 Å². The van der Waals surface area contributed by atoms with Gasteiger partial charge in [-0.05, 0) is 67.5 Å². The number of hydrogen-bond acceptors (Lipinski definition) is 10. The molecule has 0 aliphatic carbocycles. The molecule has 0 unspecified atom stereocenters. The van der Waals surface area contributed by atoms with Crippen LogP contribution in [-0.4, -0.2) is 40.2 Å². The number of para-hydroxylation sites is 2. The second-order valence-corrected chi connectivity index (χ2v) is 12.2. The monoisotopic (exact) mass is 645 g/mol. The summed E-state index contributed by atoms with van der Waals surface area (Å²) in [5.74, 6) is 1.15. The fourth-order valence-corrected chi connectivity index (χ4v) is 4.37. The van der Waals surface area contributed by atoms with Gasteiger partial charge in [0.25, 0.3) is 13.0 Å². The summed E-state index contributed by atoms with van der Waals surface area (Å²) in [6.07, 6.45) is -1.10. The number of nitrogens with zero attached hydrogens (tertiary/aromatic N) is 3. The van der Waals surface area contributed by atoms with Crippen LogP contribution in [0, 0.1) is 20.4 Å². The predicted octanol–water partition coefficient (Wildman–Crippen LogP) is 8.09. The van der Waals surface area contributed by atoms with Crippen LogP contribution in [0.1, 0.15) is 64.5 Å². The van der Waals surface area contributed by atoms with Gasteiger partial charge in [-0.15, -0.1) is 0 Å². The average molecular weight is 646 g/mol. The third-order valence-electron chi connectivity index (χ3n) is 6.05. The molecule has 0 atom stereocenters. The third kappa shape index (κ3) is 10.5. The van der Waals surface area contributed by atoms with E-state index in [0.717, 1.165) is 11.1 Å². The Morgan fingerprint density at radius 1 is 0.787 bits per heavy atom. The van der Waals surface area contributed by atoms with Gasteiger partial charge in [-0.25, -0.2) is 16.2 Å². The van der Waals surface area contributed by atoms with Crippen LogP contribution >= 0.6 is 0 Å². The predicted molar refractivity (Wildman–Crippen MR) is 174 cm³/mol. The number of rotatable bonds is 8. The van der Waals surface area contributed by atoms with Crippen molar-refractivity contribution in [1.82, 2.24) is 10.3 Å². The number of anilines is 2. The minimum atomic E-state index is -0.602. The molecule has 0 aliphatic heterocycles. The highest BCUT2D eigenvalue weighted by Gasteiger charge is 2.23. The summed E-state index contributed by atoms with van der Waals surface area (Å²) < 4.78 is 25.7. The maximum Gasteiger partial charge on any atom is 0.412 e. The Balaban J connectivity index is 0.000000256. The van der Waals surface area contributed by atoms with Crippen LogP contribution < -0.4 is 10.6 Å². The Hall–Kier alpha value is -5.64. The van der Waals surface area contributed by atoms with Crippen molar-refractivity contribution in [1.29, 1.82) is 0 Å². The molecule has 2 amide bonds. The normalized spacial score (nSPS) is 11.0. The van der Waals surface area contributed by atoms with E-state index in [1.54, 1.807) is 73.6 Å². The van der Waals surface area contributed by atoms with E-state index >= 15 is 0 Å². The molecule has 47 heavy (non-hydrogen) atoms. The van der Waals surface area contributed by atoms with E-state index in [2.05, 4.69) is 25.8 Å². The summed E-state index contributed by atoms with van der Waals surface area (Å²) in [7, 11) is 0. The molecule has 2 aromatic carbocycles. The first-order chi connectivity index (χ1) is 22.1. The van der Waals surface area contributed by atoms with Crippen molar-refractivity contribution in [3.63, 3.8) is 0 Å². The molecule has 0 spiro atoms. The summed E-state index contributed by atoms with van der Waals surface area (Å²) in [5.41, 5.74) is 3.81. The third-order valence-corrected chi connectivity index (χ3v) is 6.05. The number of aromatic nitrogens is 2. The largest absolute Gasteiger partial charge is 0.461 e. The van der Waals surface area contributed by atoms with Gasteiger partial charge in [0, 0.05) is 11.1 Å². The van der Waals surface area contributed by atoms with Gasteiger partial charge in [-0.1, -0.05) is 46.7 Å². The van der Waals surface area contributed by atoms with E-state index in [1.807, 2.05) is 30.3 Å². The quantitative estimate of drug-likeness (QED) is 0.109. The lowest BCUT2D eigenvalue weighted by Gasteiger charge is -2.20. The molecule has 4 aromatic rings. The molecule has 0 radical (unpaired) electrons. The van der Waals surface area contributed by atoms with E-state index < -0.39 is 23.4 Å². The van der Waals surface area contributed by atoms with Crippen LogP contribution in [0.15, 0.2) is 57.6 Å². The summed E-state index contributed by atoms with van der Waals surface area (Å²) in [6, 6.07) is 14.5. The highest BCUT2D eigenvalue weighted by atomic mass is 16.6. The zero-order valence-electron chi connectivity index (χ0n) is 27.7. The lowest BCUT2D eigenvalue weighted by atomic mass is 10.0. The maximum atomic E-state index is 12.0. The van der Waals surface area contributed by atoms with Crippen LogP contribution in [0.2, 0.25) is 0 Å². The standard InChI is InChI=1S/C17H19N3O3.C17H20N2O5/c1-11-15(14(10-18-5)20-23-11)12-8-6-7-9-13(12)19-16(21)22-17(2,3)4;1-11-15(14(19-24-11)9-22-10-20)12-7-5-6-8-13(12)18-16(21)23-17(2,3)4/h6-9H,10H2,1-4H3,(H,19,21);5-8,10H,9H2,1-4H3,(H,18,21). The zero-order valence-corrected chi connectivity index (χ0v) is 27.7. The topological polar surface area (TPSA) is 159 Å². The van der Waals surface area contributed by atoms with Gasteiger partial charge >= 0.3 is 12.2 Å². The van der Waals surface area contributed by atoms with Gasteiger partial charge in [0.15, 0.2) is 5.69 Å². The first-order valence-electron chi connectivity index (χ1n) is 14.6. The van der Waals surface area contributed by atoms with Crippen molar-refractivity contribution in [3.05, 3.63) is 82.9 Å². The van der Waals surface area contributed by atoms with Crippen molar-refractivity contribution >= 4 is 30.0 Å². The van der Waals surface area contributed by atoms with E-state index in [0.29, 0.717) is 51.9 Å². The molecule has 248 valence electrons. The van der Waals surface area contributed by atoms with Crippen molar-refractivity contribution in [3.8, 4) is 22.3 Å². The molecule has 0 fully saturated rings. The Morgan fingerprint density at radius 3 is 1.64 bits per heavy atom. The molecule has 2 heterocycles. The van der Waals surface area contributed by atoms with Gasteiger partial charge < -0.3 is 28.1 Å². The van der Waals surface area contributed by atoms with Gasteiger partial charge in [-0.3, -0.25) is 15.4 Å². The number of carbonyl (C=O) groups excluding carboxylic acids is 3. The average Bonchev–Trinajstić information content (AvgIpc) is 3.52. The highest BCUT2D eigenvalue weighted by Crippen LogP contribution is 2.35. The van der Waals surface area contributed by atoms with Crippen molar-refractivity contribution in [2.24, 2.45) is 0 Å². The minimum absolute atomic E-state index is 0.0169. The van der Waals surface area contributed by atoms with Crippen molar-refractivity contribution in [2.75, 3.05) is 10.6 Å². The molecule has 0 aliphatic rings. The van der Waals surface area contributed by atoms with Gasteiger partial charge in [0.1, 0.15) is 35.0 Å². The molecule has 13 heteroatoms. The summed E-state index contributed by atoms with van der Waals surface area (Å²) in [5, 5.41) is 13.3. The fraction of sp³-hybridized carbons (Fsp3) is 0.353. The van der Waals surface area contributed by atoms with Crippen LogP contribution in [0.5, 0.6) is 0 Å². The van der Waals surface area contributed by atoms with Gasteiger partial charge in [-0.2, -0.15) is 0 Å². The Morgan fingerprint density at radius 2 is 1.21 bits per heavy atom. The summed E-state index contributed by atoms with van der Waals surface area (Å²) in [4.78, 5) is 37.9. The molecule has 4 rings (SSSR count). The minimum Gasteiger partial charge on any atom is -0.461 e.